The van der Waals surface area contributed by atoms with Gasteiger partial charge < -0.3 is 14.8 Å². The summed E-state index contributed by atoms with van der Waals surface area (Å²) in [5.41, 5.74) is 0.102. The monoisotopic (exact) mass is 226 g/mol. The second kappa shape index (κ2) is 4.26. The first kappa shape index (κ1) is 11.0. The maximum absolute atomic E-state index is 5.91. The van der Waals surface area contributed by atoms with E-state index in [9.17, 15) is 0 Å². The molecule has 2 atom stereocenters. The van der Waals surface area contributed by atoms with Gasteiger partial charge in [-0.2, -0.15) is 0 Å². The van der Waals surface area contributed by atoms with Crippen LogP contribution in [0.2, 0.25) is 0 Å². The van der Waals surface area contributed by atoms with Crippen LogP contribution in [0.4, 0.5) is 0 Å². The van der Waals surface area contributed by atoms with E-state index in [-0.39, 0.29) is 5.60 Å². The van der Waals surface area contributed by atoms with Crippen LogP contribution in [0.15, 0.2) is 0 Å². The number of ether oxygens (including phenoxy) is 2. The summed E-state index contributed by atoms with van der Waals surface area (Å²) in [7, 11) is 0. The van der Waals surface area contributed by atoms with Crippen LogP contribution in [0.3, 0.4) is 0 Å². The van der Waals surface area contributed by atoms with Gasteiger partial charge in [0.2, 0.25) is 0 Å². The van der Waals surface area contributed by atoms with E-state index < -0.39 is 0 Å². The molecule has 3 aliphatic rings. The molecule has 92 valence electrons. The third kappa shape index (κ3) is 2.25. The lowest BCUT2D eigenvalue weighted by Crippen LogP contribution is -2.59. The van der Waals surface area contributed by atoms with Gasteiger partial charge in [-0.05, 0) is 19.8 Å². The fraction of sp³-hybridized carbons (Fsp3) is 1.00. The van der Waals surface area contributed by atoms with Crippen LogP contribution < -0.4 is 5.32 Å². The molecule has 0 aromatic heterocycles. The molecule has 0 radical (unpaired) electrons. The maximum Gasteiger partial charge on any atom is 0.0902 e. The van der Waals surface area contributed by atoms with Crippen LogP contribution in [0.1, 0.15) is 19.8 Å². The summed E-state index contributed by atoms with van der Waals surface area (Å²) in [6, 6.07) is 0. The normalized spacial score (nSPS) is 37.3. The van der Waals surface area contributed by atoms with E-state index in [1.54, 1.807) is 0 Å². The summed E-state index contributed by atoms with van der Waals surface area (Å²) in [6.45, 7) is 8.32. The molecule has 0 aliphatic carbocycles. The van der Waals surface area contributed by atoms with Crippen LogP contribution in [-0.2, 0) is 9.47 Å². The van der Waals surface area contributed by atoms with E-state index in [1.807, 2.05) is 0 Å². The molecule has 3 fully saturated rings. The minimum Gasteiger partial charge on any atom is -0.372 e. The third-order valence-corrected chi connectivity index (χ3v) is 3.98. The predicted octanol–water partition coefficient (Wildman–Crippen LogP) is 0.228. The largest absolute Gasteiger partial charge is 0.372 e. The summed E-state index contributed by atoms with van der Waals surface area (Å²) in [5.74, 6) is 0. The number of fused-ring (bicyclic) bond motifs is 2. The summed E-state index contributed by atoms with van der Waals surface area (Å²) >= 11 is 0. The van der Waals surface area contributed by atoms with Gasteiger partial charge in [-0.3, -0.25) is 4.90 Å². The minimum atomic E-state index is 0.102. The smallest absolute Gasteiger partial charge is 0.0902 e. The zero-order valence-electron chi connectivity index (χ0n) is 10.1. The molecule has 4 nitrogen and oxygen atoms in total. The molecular formula is C12H22N2O2. The van der Waals surface area contributed by atoms with Gasteiger partial charge in [-0.25, -0.2) is 0 Å². The Morgan fingerprint density at radius 2 is 2.00 bits per heavy atom. The van der Waals surface area contributed by atoms with E-state index in [4.69, 9.17) is 9.47 Å². The van der Waals surface area contributed by atoms with Crippen molar-refractivity contribution in [2.75, 3.05) is 39.3 Å². The van der Waals surface area contributed by atoms with Crippen molar-refractivity contribution in [3.05, 3.63) is 0 Å². The third-order valence-electron chi connectivity index (χ3n) is 3.98. The SMILES string of the molecule is CC1(OCCN2CC3CCC(C2)O3)CNC1. The topological polar surface area (TPSA) is 33.7 Å². The van der Waals surface area contributed by atoms with Gasteiger partial charge in [0.25, 0.3) is 0 Å². The molecule has 0 spiro atoms. The van der Waals surface area contributed by atoms with Gasteiger partial charge >= 0.3 is 0 Å². The highest BCUT2D eigenvalue weighted by atomic mass is 16.5. The van der Waals surface area contributed by atoms with Crippen molar-refractivity contribution in [3.63, 3.8) is 0 Å². The Morgan fingerprint density at radius 3 is 2.56 bits per heavy atom. The van der Waals surface area contributed by atoms with Gasteiger partial charge in [0.15, 0.2) is 0 Å². The van der Waals surface area contributed by atoms with Crippen molar-refractivity contribution in [1.82, 2.24) is 10.2 Å². The lowest BCUT2D eigenvalue weighted by atomic mass is 10.0. The van der Waals surface area contributed by atoms with E-state index in [1.165, 1.54) is 12.8 Å². The second-order valence-corrected chi connectivity index (χ2v) is 5.62. The van der Waals surface area contributed by atoms with E-state index in [0.717, 1.165) is 39.3 Å². The lowest BCUT2D eigenvalue weighted by Gasteiger charge is -2.40. The van der Waals surface area contributed by atoms with Crippen molar-refractivity contribution in [2.45, 2.75) is 37.6 Å². The van der Waals surface area contributed by atoms with E-state index in [2.05, 4.69) is 17.1 Å². The molecule has 1 N–H and O–H groups in total. The van der Waals surface area contributed by atoms with Crippen LogP contribution >= 0.6 is 0 Å². The Bertz CT molecular complexity index is 243. The number of hydrogen-bond donors (Lipinski definition) is 1. The van der Waals surface area contributed by atoms with Crippen molar-refractivity contribution >= 4 is 0 Å². The van der Waals surface area contributed by atoms with Crippen molar-refractivity contribution in [2.24, 2.45) is 0 Å². The fourth-order valence-electron chi connectivity index (χ4n) is 2.88. The Hall–Kier alpha value is -0.160. The molecule has 16 heavy (non-hydrogen) atoms. The standard InChI is InChI=1S/C12H22N2O2/c1-12(8-13-9-12)15-5-4-14-6-10-2-3-11(7-14)16-10/h10-11,13H,2-9H2,1H3. The van der Waals surface area contributed by atoms with Gasteiger partial charge in [-0.15, -0.1) is 0 Å². The lowest BCUT2D eigenvalue weighted by molar-refractivity contribution is -0.0874. The van der Waals surface area contributed by atoms with E-state index in [0.29, 0.717) is 12.2 Å². The molecule has 3 saturated heterocycles. The van der Waals surface area contributed by atoms with Gasteiger partial charge in [0.05, 0.1) is 24.4 Å². The van der Waals surface area contributed by atoms with Gasteiger partial charge in [-0.1, -0.05) is 0 Å². The van der Waals surface area contributed by atoms with Gasteiger partial charge in [0.1, 0.15) is 0 Å². The molecule has 3 rings (SSSR count). The van der Waals surface area contributed by atoms with Crippen molar-refractivity contribution in [3.8, 4) is 0 Å². The summed E-state index contributed by atoms with van der Waals surface area (Å²) in [6.07, 6.45) is 3.51. The van der Waals surface area contributed by atoms with Crippen LogP contribution in [0, 0.1) is 0 Å². The average Bonchev–Trinajstić information content (AvgIpc) is 2.56. The maximum atomic E-state index is 5.91. The molecule has 0 aromatic carbocycles. The molecular weight excluding hydrogens is 204 g/mol. The number of likely N-dealkylation sites (tertiary alicyclic amines) is 1. The molecule has 2 unspecified atom stereocenters. The molecule has 3 aliphatic heterocycles. The van der Waals surface area contributed by atoms with E-state index >= 15 is 0 Å². The summed E-state index contributed by atoms with van der Waals surface area (Å²) < 4.78 is 11.7. The van der Waals surface area contributed by atoms with Crippen LogP contribution in [0.5, 0.6) is 0 Å². The first-order valence-corrected chi connectivity index (χ1v) is 6.46. The number of nitrogens with zero attached hydrogens (tertiary/aromatic N) is 1. The van der Waals surface area contributed by atoms with Gasteiger partial charge in [0, 0.05) is 32.7 Å². The Morgan fingerprint density at radius 1 is 1.31 bits per heavy atom. The number of morpholine rings is 1. The summed E-state index contributed by atoms with van der Waals surface area (Å²) in [4.78, 5) is 2.50. The highest BCUT2D eigenvalue weighted by Gasteiger charge is 2.35. The molecule has 3 heterocycles. The van der Waals surface area contributed by atoms with Crippen LogP contribution in [-0.4, -0.2) is 62.0 Å². The zero-order valence-corrected chi connectivity index (χ0v) is 10.1. The Balaban J connectivity index is 1.39. The Kier molecular flexibility index (Phi) is 2.92. The highest BCUT2D eigenvalue weighted by Crippen LogP contribution is 2.26. The fourth-order valence-corrected chi connectivity index (χ4v) is 2.88. The Labute approximate surface area is 97.3 Å². The number of rotatable bonds is 4. The number of nitrogens with one attached hydrogen (secondary N) is 1. The molecule has 0 saturated carbocycles. The van der Waals surface area contributed by atoms with Crippen molar-refractivity contribution in [1.29, 1.82) is 0 Å². The molecule has 4 heteroatoms. The highest BCUT2D eigenvalue weighted by molar-refractivity contribution is 4.90. The second-order valence-electron chi connectivity index (χ2n) is 5.62. The van der Waals surface area contributed by atoms with Crippen LogP contribution in [0.25, 0.3) is 0 Å². The number of hydrogen-bond acceptors (Lipinski definition) is 4. The zero-order chi connectivity index (χ0) is 11.0. The molecule has 2 bridgehead atoms. The first-order valence-electron chi connectivity index (χ1n) is 6.46. The molecule has 0 aromatic rings. The average molecular weight is 226 g/mol. The predicted molar refractivity (Wildman–Crippen MR) is 61.6 cm³/mol. The van der Waals surface area contributed by atoms with Crippen molar-refractivity contribution < 1.29 is 9.47 Å². The summed E-state index contributed by atoms with van der Waals surface area (Å²) in [5, 5.41) is 3.26. The first-order chi connectivity index (χ1) is 7.73. The molecule has 0 amide bonds. The quantitative estimate of drug-likeness (QED) is 0.744. The minimum absolute atomic E-state index is 0.102.